The molecule has 2 aliphatic rings. The van der Waals surface area contributed by atoms with E-state index in [1.165, 1.54) is 19.3 Å². The van der Waals surface area contributed by atoms with Crippen molar-refractivity contribution in [2.24, 2.45) is 11.8 Å². The molecule has 0 spiro atoms. The number of rotatable bonds is 5. The lowest BCUT2D eigenvalue weighted by Crippen LogP contribution is -2.21. The van der Waals surface area contributed by atoms with Crippen molar-refractivity contribution in [1.82, 2.24) is 19.9 Å². The van der Waals surface area contributed by atoms with E-state index in [4.69, 9.17) is 0 Å². The van der Waals surface area contributed by atoms with Crippen LogP contribution in [0, 0.1) is 11.8 Å². The fourth-order valence-electron chi connectivity index (χ4n) is 3.83. The number of hydrogen-bond acceptors (Lipinski definition) is 6. The summed E-state index contributed by atoms with van der Waals surface area (Å²) in [6.07, 6.45) is 7.35. The van der Waals surface area contributed by atoms with Crippen molar-refractivity contribution in [2.75, 3.05) is 10.6 Å². The molecule has 1 unspecified atom stereocenters. The van der Waals surface area contributed by atoms with Gasteiger partial charge in [-0.3, -0.25) is 4.98 Å². The first-order chi connectivity index (χ1) is 12.8. The molecule has 26 heavy (non-hydrogen) atoms. The molecule has 5 rings (SSSR count). The number of nitrogens with zero attached hydrogens (tertiary/aromatic N) is 4. The van der Waals surface area contributed by atoms with Gasteiger partial charge in [0.15, 0.2) is 5.82 Å². The fraction of sp³-hybridized carbons (Fsp3) is 0.300. The van der Waals surface area contributed by atoms with Crippen LogP contribution in [0.2, 0.25) is 0 Å². The molecule has 2 aromatic heterocycles. The van der Waals surface area contributed by atoms with Crippen molar-refractivity contribution in [3.05, 3.63) is 54.9 Å². The van der Waals surface area contributed by atoms with E-state index < -0.39 is 0 Å². The number of anilines is 3. The maximum Gasteiger partial charge on any atom is 0.232 e. The maximum absolute atomic E-state index is 4.68. The molecule has 0 aliphatic heterocycles. The molecule has 2 N–H and O–H groups in total. The van der Waals surface area contributed by atoms with E-state index in [0.717, 1.165) is 23.1 Å². The molecule has 6 nitrogen and oxygen atoms in total. The van der Waals surface area contributed by atoms with Gasteiger partial charge in [-0.15, -0.1) is 0 Å². The first-order valence-corrected chi connectivity index (χ1v) is 9.10. The van der Waals surface area contributed by atoms with Crippen LogP contribution in [0.15, 0.2) is 54.9 Å². The van der Waals surface area contributed by atoms with Crippen LogP contribution >= 0.6 is 0 Å². The Morgan fingerprint density at radius 2 is 1.65 bits per heavy atom. The van der Waals surface area contributed by atoms with E-state index >= 15 is 0 Å². The van der Waals surface area contributed by atoms with Crippen LogP contribution in [0.5, 0.6) is 0 Å². The molecule has 130 valence electrons. The molecule has 0 bridgehead atoms. The average molecular weight is 344 g/mol. The Labute approximate surface area is 152 Å². The number of nitrogens with one attached hydrogen (secondary N) is 2. The van der Waals surface area contributed by atoms with Crippen LogP contribution in [0.3, 0.4) is 0 Å². The lowest BCUT2D eigenvalue weighted by molar-refractivity contribution is 0.648. The highest BCUT2D eigenvalue weighted by atomic mass is 15.2. The number of fused-ring (bicyclic) bond motifs is 1. The molecular weight excluding hydrogens is 324 g/mol. The second-order valence-corrected chi connectivity index (χ2v) is 7.02. The van der Waals surface area contributed by atoms with Gasteiger partial charge in [0.25, 0.3) is 0 Å². The van der Waals surface area contributed by atoms with Crippen LogP contribution in [0.4, 0.5) is 17.6 Å². The van der Waals surface area contributed by atoms with Gasteiger partial charge < -0.3 is 10.6 Å². The monoisotopic (exact) mass is 344 g/mol. The molecule has 2 fully saturated rings. The topological polar surface area (TPSA) is 75.6 Å². The maximum atomic E-state index is 4.68. The zero-order chi connectivity index (χ0) is 17.3. The lowest BCUT2D eigenvalue weighted by atomic mass is 10.2. The molecule has 2 aliphatic carbocycles. The van der Waals surface area contributed by atoms with Gasteiger partial charge in [0.2, 0.25) is 11.9 Å². The Bertz CT molecular complexity index is 899. The van der Waals surface area contributed by atoms with Crippen molar-refractivity contribution in [2.45, 2.75) is 25.3 Å². The quantitative estimate of drug-likeness (QED) is 0.731. The fourth-order valence-corrected chi connectivity index (χ4v) is 3.83. The Balaban J connectivity index is 1.47. The summed E-state index contributed by atoms with van der Waals surface area (Å²) in [7, 11) is 0. The lowest BCUT2D eigenvalue weighted by Gasteiger charge is -2.15. The summed E-state index contributed by atoms with van der Waals surface area (Å²) in [6.45, 7) is 0. The van der Waals surface area contributed by atoms with Gasteiger partial charge in [-0.05, 0) is 43.2 Å². The molecule has 2 saturated carbocycles. The minimum Gasteiger partial charge on any atom is -0.351 e. The Hall–Kier alpha value is -3.02. The van der Waals surface area contributed by atoms with E-state index in [1.807, 2.05) is 42.5 Å². The predicted octanol–water partition coefficient (Wildman–Crippen LogP) is 3.89. The third-order valence-corrected chi connectivity index (χ3v) is 5.26. The number of benzene rings is 1. The molecule has 0 saturated heterocycles. The second kappa shape index (κ2) is 6.37. The standard InChI is InChI=1S/C20H20N6/c1-2-4-13(5-3-1)18-24-19(22-15-8-10-21-11-9-15)26-20(25-18)23-17-7-6-14-12-16(14)17/h1-5,8-11,14,16-17H,6-7,12H2,(H2,21,22,23,24,25,26)/t14?,16-,17+/m0/s1. The molecule has 3 atom stereocenters. The third kappa shape index (κ3) is 3.10. The third-order valence-electron chi connectivity index (χ3n) is 5.26. The normalized spacial score (nSPS) is 23.3. The first kappa shape index (κ1) is 15.3. The highest BCUT2D eigenvalue weighted by Gasteiger charge is 2.48. The Kier molecular flexibility index (Phi) is 3.74. The van der Waals surface area contributed by atoms with Crippen LogP contribution in [-0.2, 0) is 0 Å². The Morgan fingerprint density at radius 1 is 0.846 bits per heavy atom. The summed E-state index contributed by atoms with van der Waals surface area (Å²) in [5.41, 5.74) is 1.88. The van der Waals surface area contributed by atoms with Crippen molar-refractivity contribution in [3.8, 4) is 11.4 Å². The van der Waals surface area contributed by atoms with E-state index in [-0.39, 0.29) is 0 Å². The van der Waals surface area contributed by atoms with Crippen molar-refractivity contribution in [1.29, 1.82) is 0 Å². The zero-order valence-electron chi connectivity index (χ0n) is 14.3. The SMILES string of the molecule is c1ccc(-c2nc(Nc3ccncc3)nc(N[C@@H]3CCC4C[C@@H]43)n2)cc1. The summed E-state index contributed by atoms with van der Waals surface area (Å²) in [6, 6.07) is 14.3. The molecule has 1 aromatic carbocycles. The van der Waals surface area contributed by atoms with E-state index in [2.05, 4.69) is 30.6 Å². The van der Waals surface area contributed by atoms with E-state index in [1.54, 1.807) is 12.4 Å². The molecule has 6 heteroatoms. The zero-order valence-corrected chi connectivity index (χ0v) is 14.3. The molecule has 0 radical (unpaired) electrons. The molecular formula is C20H20N6. The van der Waals surface area contributed by atoms with Crippen molar-refractivity contribution in [3.63, 3.8) is 0 Å². The van der Waals surface area contributed by atoms with Gasteiger partial charge in [-0.25, -0.2) is 0 Å². The summed E-state index contributed by atoms with van der Waals surface area (Å²) in [5, 5.41) is 6.81. The summed E-state index contributed by atoms with van der Waals surface area (Å²) in [4.78, 5) is 17.9. The first-order valence-electron chi connectivity index (χ1n) is 9.10. The summed E-state index contributed by atoms with van der Waals surface area (Å²) >= 11 is 0. The van der Waals surface area contributed by atoms with Crippen LogP contribution in [0.25, 0.3) is 11.4 Å². The van der Waals surface area contributed by atoms with Gasteiger partial charge in [-0.2, -0.15) is 15.0 Å². The average Bonchev–Trinajstić information content (AvgIpc) is 3.37. The summed E-state index contributed by atoms with van der Waals surface area (Å²) in [5.74, 6) is 3.57. The van der Waals surface area contributed by atoms with Gasteiger partial charge in [-0.1, -0.05) is 30.3 Å². The van der Waals surface area contributed by atoms with Crippen LogP contribution in [0.1, 0.15) is 19.3 Å². The predicted molar refractivity (Wildman–Crippen MR) is 101 cm³/mol. The van der Waals surface area contributed by atoms with Crippen LogP contribution in [-0.4, -0.2) is 26.0 Å². The van der Waals surface area contributed by atoms with Crippen LogP contribution < -0.4 is 10.6 Å². The molecule has 2 heterocycles. The molecule has 3 aromatic rings. The number of hydrogen-bond donors (Lipinski definition) is 2. The minimum absolute atomic E-state index is 0.486. The van der Waals surface area contributed by atoms with E-state index in [0.29, 0.717) is 23.8 Å². The largest absolute Gasteiger partial charge is 0.351 e. The number of pyridine rings is 1. The van der Waals surface area contributed by atoms with Gasteiger partial charge >= 0.3 is 0 Å². The van der Waals surface area contributed by atoms with Gasteiger partial charge in [0, 0.05) is 29.7 Å². The molecule has 0 amide bonds. The highest BCUT2D eigenvalue weighted by molar-refractivity contribution is 5.60. The summed E-state index contributed by atoms with van der Waals surface area (Å²) < 4.78 is 0. The van der Waals surface area contributed by atoms with Crippen molar-refractivity contribution < 1.29 is 0 Å². The van der Waals surface area contributed by atoms with Gasteiger partial charge in [0.05, 0.1) is 0 Å². The Morgan fingerprint density at radius 3 is 2.38 bits per heavy atom. The van der Waals surface area contributed by atoms with Gasteiger partial charge in [0.1, 0.15) is 0 Å². The second-order valence-electron chi connectivity index (χ2n) is 7.02. The minimum atomic E-state index is 0.486. The van der Waals surface area contributed by atoms with E-state index in [9.17, 15) is 0 Å². The smallest absolute Gasteiger partial charge is 0.232 e. The number of aromatic nitrogens is 4. The highest BCUT2D eigenvalue weighted by Crippen LogP contribution is 2.52. The van der Waals surface area contributed by atoms with Crippen molar-refractivity contribution >= 4 is 17.6 Å².